The lowest BCUT2D eigenvalue weighted by atomic mass is 10.2. The zero-order valence-electron chi connectivity index (χ0n) is 11.8. The van der Waals surface area contributed by atoms with Crippen LogP contribution in [0.5, 0.6) is 0 Å². The van der Waals surface area contributed by atoms with E-state index in [-0.39, 0.29) is 12.2 Å². The maximum atomic E-state index is 11.8. The highest BCUT2D eigenvalue weighted by atomic mass is 16.6. The molecule has 0 spiro atoms. The van der Waals surface area contributed by atoms with Crippen molar-refractivity contribution < 1.29 is 19.4 Å². The summed E-state index contributed by atoms with van der Waals surface area (Å²) in [5.41, 5.74) is -0.183. The maximum absolute atomic E-state index is 11.8. The molecule has 106 valence electrons. The van der Waals surface area contributed by atoms with Gasteiger partial charge in [0, 0.05) is 25.9 Å². The number of amides is 1. The van der Waals surface area contributed by atoms with E-state index < -0.39 is 17.7 Å². The number of aryl methyl sites for hydroxylation is 1. The van der Waals surface area contributed by atoms with E-state index in [9.17, 15) is 9.59 Å². The molecule has 0 aliphatic carbocycles. The summed E-state index contributed by atoms with van der Waals surface area (Å²) in [5, 5.41) is 12.8. The van der Waals surface area contributed by atoms with Crippen LogP contribution in [-0.4, -0.2) is 44.5 Å². The van der Waals surface area contributed by atoms with E-state index >= 15 is 0 Å². The van der Waals surface area contributed by atoms with Crippen LogP contribution in [0.15, 0.2) is 6.20 Å². The molecule has 0 aliphatic heterocycles. The monoisotopic (exact) mass is 269 g/mol. The van der Waals surface area contributed by atoms with Gasteiger partial charge in [-0.1, -0.05) is 0 Å². The molecule has 0 aliphatic rings. The number of aromatic nitrogens is 2. The Labute approximate surface area is 111 Å². The van der Waals surface area contributed by atoms with Crippen molar-refractivity contribution in [2.45, 2.75) is 32.9 Å². The van der Waals surface area contributed by atoms with Gasteiger partial charge in [-0.25, -0.2) is 9.59 Å². The molecule has 7 nitrogen and oxygen atoms in total. The van der Waals surface area contributed by atoms with E-state index in [0.717, 1.165) is 0 Å². The number of rotatable bonds is 3. The van der Waals surface area contributed by atoms with E-state index in [2.05, 4.69) is 5.10 Å². The predicted molar refractivity (Wildman–Crippen MR) is 67.9 cm³/mol. The van der Waals surface area contributed by atoms with Gasteiger partial charge in [0.1, 0.15) is 5.60 Å². The molecule has 1 aromatic heterocycles. The Bertz CT molecular complexity index is 488. The zero-order chi connectivity index (χ0) is 14.8. The number of hydrogen-bond acceptors (Lipinski definition) is 4. The third-order valence-electron chi connectivity index (χ3n) is 2.22. The minimum absolute atomic E-state index is 0.0575. The number of carbonyl (C=O) groups is 2. The van der Waals surface area contributed by atoms with Gasteiger partial charge in [-0.15, -0.1) is 0 Å². The summed E-state index contributed by atoms with van der Waals surface area (Å²) in [6.07, 6.45) is 1.07. The molecular formula is C12H19N3O4. The first kappa shape index (κ1) is 15.0. The quantitative estimate of drug-likeness (QED) is 0.898. The van der Waals surface area contributed by atoms with Crippen LogP contribution in [0.3, 0.4) is 0 Å². The fraction of sp³-hybridized carbons (Fsp3) is 0.583. The number of nitrogens with zero attached hydrogens (tertiary/aromatic N) is 3. The summed E-state index contributed by atoms with van der Waals surface area (Å²) in [7, 11) is 3.18. The summed E-state index contributed by atoms with van der Waals surface area (Å²) >= 11 is 0. The molecule has 1 rings (SSSR count). The lowest BCUT2D eigenvalue weighted by Gasteiger charge is -2.24. The largest absolute Gasteiger partial charge is 0.476 e. The van der Waals surface area contributed by atoms with Crippen molar-refractivity contribution in [1.82, 2.24) is 14.7 Å². The van der Waals surface area contributed by atoms with E-state index in [1.54, 1.807) is 41.1 Å². The summed E-state index contributed by atoms with van der Waals surface area (Å²) < 4.78 is 6.60. The Morgan fingerprint density at radius 2 is 2.05 bits per heavy atom. The third-order valence-corrected chi connectivity index (χ3v) is 2.22. The van der Waals surface area contributed by atoms with E-state index in [4.69, 9.17) is 9.84 Å². The molecule has 0 aromatic carbocycles. The minimum atomic E-state index is -1.12. The fourth-order valence-corrected chi connectivity index (χ4v) is 1.49. The highest BCUT2D eigenvalue weighted by Crippen LogP contribution is 2.13. The first-order chi connectivity index (χ1) is 8.60. The Morgan fingerprint density at radius 3 is 2.53 bits per heavy atom. The Balaban J connectivity index is 2.79. The summed E-state index contributed by atoms with van der Waals surface area (Å²) in [4.78, 5) is 24.1. The lowest BCUT2D eigenvalue weighted by molar-refractivity contribution is 0.0283. The number of ether oxygens (including phenoxy) is 1. The first-order valence-electron chi connectivity index (χ1n) is 5.80. The molecule has 0 unspecified atom stereocenters. The molecule has 1 amide bonds. The van der Waals surface area contributed by atoms with Crippen LogP contribution in [0, 0.1) is 0 Å². The molecule has 1 aromatic rings. The third kappa shape index (κ3) is 4.27. The Morgan fingerprint density at radius 1 is 1.47 bits per heavy atom. The van der Waals surface area contributed by atoms with Crippen molar-refractivity contribution in [1.29, 1.82) is 0 Å². The van der Waals surface area contributed by atoms with Gasteiger partial charge in [-0.3, -0.25) is 4.68 Å². The van der Waals surface area contributed by atoms with E-state index in [1.165, 1.54) is 9.58 Å². The van der Waals surface area contributed by atoms with Gasteiger partial charge in [0.25, 0.3) is 0 Å². The van der Waals surface area contributed by atoms with Crippen LogP contribution >= 0.6 is 0 Å². The number of aromatic carboxylic acids is 1. The zero-order valence-corrected chi connectivity index (χ0v) is 11.8. The standard InChI is InChI=1S/C12H19N3O4/c1-12(2,3)19-11(18)14(4)6-8-7-15(5)13-9(8)10(16)17/h7H,6H2,1-5H3,(H,16,17). The fourth-order valence-electron chi connectivity index (χ4n) is 1.49. The average molecular weight is 269 g/mol. The smallest absolute Gasteiger partial charge is 0.410 e. The number of carboxylic acids is 1. The molecule has 0 saturated carbocycles. The molecule has 0 radical (unpaired) electrons. The molecule has 0 bridgehead atoms. The SMILES string of the molecule is CN(Cc1cn(C)nc1C(=O)O)C(=O)OC(C)(C)C. The first-order valence-corrected chi connectivity index (χ1v) is 5.80. The van der Waals surface area contributed by atoms with Gasteiger partial charge < -0.3 is 14.7 Å². The van der Waals surface area contributed by atoms with Crippen LogP contribution in [-0.2, 0) is 18.3 Å². The van der Waals surface area contributed by atoms with Crippen LogP contribution in [0.4, 0.5) is 4.79 Å². The second-order valence-electron chi connectivity index (χ2n) is 5.32. The molecule has 1 N–H and O–H groups in total. The van der Waals surface area contributed by atoms with Gasteiger partial charge in [0.2, 0.25) is 0 Å². The van der Waals surface area contributed by atoms with Gasteiger partial charge in [0.15, 0.2) is 5.69 Å². The maximum Gasteiger partial charge on any atom is 0.410 e. The van der Waals surface area contributed by atoms with Crippen LogP contribution in [0.1, 0.15) is 36.8 Å². The lowest BCUT2D eigenvalue weighted by Crippen LogP contribution is -2.34. The van der Waals surface area contributed by atoms with Gasteiger partial charge in [-0.05, 0) is 20.8 Å². The Kier molecular flexibility index (Phi) is 4.18. The highest BCUT2D eigenvalue weighted by Gasteiger charge is 2.22. The minimum Gasteiger partial charge on any atom is -0.476 e. The van der Waals surface area contributed by atoms with E-state index in [0.29, 0.717) is 5.56 Å². The summed E-state index contributed by atoms with van der Waals surface area (Å²) in [5.74, 6) is -1.12. The molecule has 7 heteroatoms. The van der Waals surface area contributed by atoms with Crippen molar-refractivity contribution in [3.63, 3.8) is 0 Å². The van der Waals surface area contributed by atoms with Gasteiger partial charge in [0.05, 0.1) is 6.54 Å². The van der Waals surface area contributed by atoms with Crippen molar-refractivity contribution in [2.24, 2.45) is 7.05 Å². The molecular weight excluding hydrogens is 250 g/mol. The molecule has 0 atom stereocenters. The topological polar surface area (TPSA) is 84.7 Å². The van der Waals surface area contributed by atoms with Crippen LogP contribution in [0.2, 0.25) is 0 Å². The Hall–Kier alpha value is -2.05. The van der Waals surface area contributed by atoms with Crippen LogP contribution in [0.25, 0.3) is 0 Å². The predicted octanol–water partition coefficient (Wildman–Crippen LogP) is 1.49. The molecule has 0 fully saturated rings. The van der Waals surface area contributed by atoms with Gasteiger partial charge >= 0.3 is 12.1 Å². The molecule has 19 heavy (non-hydrogen) atoms. The van der Waals surface area contributed by atoms with Crippen LogP contribution < -0.4 is 0 Å². The number of hydrogen-bond donors (Lipinski definition) is 1. The van der Waals surface area contributed by atoms with Crippen molar-refractivity contribution >= 4 is 12.1 Å². The van der Waals surface area contributed by atoms with Gasteiger partial charge in [-0.2, -0.15) is 5.10 Å². The second-order valence-corrected chi connectivity index (χ2v) is 5.32. The number of carboxylic acid groups (broad SMARTS) is 1. The normalized spacial score (nSPS) is 11.2. The van der Waals surface area contributed by atoms with Crippen molar-refractivity contribution in [2.75, 3.05) is 7.05 Å². The van der Waals surface area contributed by atoms with Crippen molar-refractivity contribution in [3.05, 3.63) is 17.5 Å². The van der Waals surface area contributed by atoms with Crippen molar-refractivity contribution in [3.8, 4) is 0 Å². The van der Waals surface area contributed by atoms with E-state index in [1.807, 2.05) is 0 Å². The number of carbonyl (C=O) groups excluding carboxylic acids is 1. The summed E-state index contributed by atoms with van der Waals surface area (Å²) in [6, 6.07) is 0. The summed E-state index contributed by atoms with van der Waals surface area (Å²) in [6.45, 7) is 5.44. The second kappa shape index (κ2) is 5.29. The highest BCUT2D eigenvalue weighted by molar-refractivity contribution is 5.87. The average Bonchev–Trinajstić information content (AvgIpc) is 2.56. The molecule has 1 heterocycles. The molecule has 0 saturated heterocycles.